The monoisotopic (exact) mass is 369 g/mol. The fourth-order valence-corrected chi connectivity index (χ4v) is 2.67. The van der Waals surface area contributed by atoms with Gasteiger partial charge < -0.3 is 10.1 Å². The minimum absolute atomic E-state index is 0.171. The van der Waals surface area contributed by atoms with Crippen LogP contribution in [0.15, 0.2) is 53.3 Å². The standard InChI is InChI=1S/C20H20FN3O3/c1-13(2)24-20(26)17-6-4-3-5-16(17)18(23-24)19(25)22-11-12-27-15-9-7-14(21)8-10-15/h3-10,13H,11-12H2,1-2H3,(H,22,25). The van der Waals surface area contributed by atoms with Crippen LogP contribution in [0.2, 0.25) is 0 Å². The zero-order valence-corrected chi connectivity index (χ0v) is 15.1. The molecule has 0 fully saturated rings. The minimum atomic E-state index is -0.386. The molecule has 3 rings (SSSR count). The molecule has 140 valence electrons. The Labute approximate surface area is 155 Å². The number of carbonyl (C=O) groups is 1. The molecule has 0 aliphatic heterocycles. The maximum absolute atomic E-state index is 12.9. The van der Waals surface area contributed by atoms with Gasteiger partial charge in [-0.3, -0.25) is 9.59 Å². The van der Waals surface area contributed by atoms with Crippen molar-refractivity contribution < 1.29 is 13.9 Å². The van der Waals surface area contributed by atoms with E-state index >= 15 is 0 Å². The number of amides is 1. The van der Waals surface area contributed by atoms with Crippen LogP contribution in [0.5, 0.6) is 5.75 Å². The van der Waals surface area contributed by atoms with E-state index in [9.17, 15) is 14.0 Å². The lowest BCUT2D eigenvalue weighted by Crippen LogP contribution is -2.33. The van der Waals surface area contributed by atoms with Crippen molar-refractivity contribution in [3.05, 3.63) is 70.4 Å². The second-order valence-corrected chi connectivity index (χ2v) is 6.30. The number of aromatic nitrogens is 2. The number of rotatable bonds is 6. The van der Waals surface area contributed by atoms with E-state index < -0.39 is 0 Å². The van der Waals surface area contributed by atoms with Gasteiger partial charge in [0.1, 0.15) is 18.2 Å². The Hall–Kier alpha value is -3.22. The van der Waals surface area contributed by atoms with Crippen molar-refractivity contribution in [2.75, 3.05) is 13.2 Å². The summed E-state index contributed by atoms with van der Waals surface area (Å²) in [6.45, 7) is 4.13. The minimum Gasteiger partial charge on any atom is -0.492 e. The Balaban J connectivity index is 1.74. The molecule has 0 radical (unpaired) electrons. The number of hydrogen-bond donors (Lipinski definition) is 1. The second kappa shape index (κ2) is 7.99. The topological polar surface area (TPSA) is 73.2 Å². The van der Waals surface area contributed by atoms with Gasteiger partial charge in [-0.1, -0.05) is 18.2 Å². The van der Waals surface area contributed by atoms with Gasteiger partial charge in [-0.2, -0.15) is 5.10 Å². The highest BCUT2D eigenvalue weighted by molar-refractivity contribution is 6.04. The van der Waals surface area contributed by atoms with Gasteiger partial charge in [0.2, 0.25) is 0 Å². The van der Waals surface area contributed by atoms with E-state index in [1.165, 1.54) is 28.9 Å². The number of hydrogen-bond acceptors (Lipinski definition) is 4. The quantitative estimate of drug-likeness (QED) is 0.678. The van der Waals surface area contributed by atoms with Gasteiger partial charge >= 0.3 is 0 Å². The van der Waals surface area contributed by atoms with Crippen molar-refractivity contribution in [1.29, 1.82) is 0 Å². The maximum Gasteiger partial charge on any atom is 0.274 e. The molecule has 0 aliphatic carbocycles. The number of carbonyl (C=O) groups excluding carboxylic acids is 1. The fourth-order valence-electron chi connectivity index (χ4n) is 2.67. The van der Waals surface area contributed by atoms with Crippen LogP contribution in [0.25, 0.3) is 10.8 Å². The van der Waals surface area contributed by atoms with E-state index in [-0.39, 0.29) is 42.2 Å². The molecule has 6 nitrogen and oxygen atoms in total. The molecule has 0 saturated heterocycles. The van der Waals surface area contributed by atoms with Crippen LogP contribution in [-0.4, -0.2) is 28.8 Å². The highest BCUT2D eigenvalue weighted by atomic mass is 19.1. The molecular weight excluding hydrogens is 349 g/mol. The van der Waals surface area contributed by atoms with Gasteiger partial charge in [-0.05, 0) is 44.2 Å². The summed E-state index contributed by atoms with van der Waals surface area (Å²) in [5.74, 6) is -0.209. The van der Waals surface area contributed by atoms with Crippen molar-refractivity contribution in [3.8, 4) is 5.75 Å². The van der Waals surface area contributed by atoms with E-state index in [0.717, 1.165) is 0 Å². The second-order valence-electron chi connectivity index (χ2n) is 6.30. The van der Waals surface area contributed by atoms with Crippen LogP contribution in [0, 0.1) is 5.82 Å². The van der Waals surface area contributed by atoms with Crippen molar-refractivity contribution in [2.45, 2.75) is 19.9 Å². The number of fused-ring (bicyclic) bond motifs is 1. The molecule has 1 N–H and O–H groups in total. The molecule has 2 aromatic carbocycles. The molecule has 0 aliphatic rings. The van der Waals surface area contributed by atoms with E-state index in [1.54, 1.807) is 24.3 Å². The first-order chi connectivity index (χ1) is 13.0. The predicted octanol–water partition coefficient (Wildman–Crippen LogP) is 2.93. The first kappa shape index (κ1) is 18.6. The molecule has 7 heteroatoms. The third-order valence-corrected chi connectivity index (χ3v) is 4.00. The molecule has 0 atom stereocenters. The summed E-state index contributed by atoms with van der Waals surface area (Å²) < 4.78 is 19.6. The fraction of sp³-hybridized carbons (Fsp3) is 0.250. The third-order valence-electron chi connectivity index (χ3n) is 4.00. The molecule has 0 spiro atoms. The molecule has 1 aromatic heterocycles. The molecule has 0 saturated carbocycles. The average Bonchev–Trinajstić information content (AvgIpc) is 2.66. The lowest BCUT2D eigenvalue weighted by molar-refractivity contribution is 0.0941. The van der Waals surface area contributed by atoms with Crippen LogP contribution in [-0.2, 0) is 0 Å². The number of benzene rings is 2. The van der Waals surface area contributed by atoms with Crippen LogP contribution in [0.1, 0.15) is 30.4 Å². The van der Waals surface area contributed by atoms with E-state index in [2.05, 4.69) is 10.4 Å². The summed E-state index contributed by atoms with van der Waals surface area (Å²) >= 11 is 0. The average molecular weight is 369 g/mol. The van der Waals surface area contributed by atoms with Gasteiger partial charge in [-0.25, -0.2) is 9.07 Å². The lowest BCUT2D eigenvalue weighted by atomic mass is 10.1. The predicted molar refractivity (Wildman–Crippen MR) is 101 cm³/mol. The molecular formula is C20H20FN3O3. The smallest absolute Gasteiger partial charge is 0.274 e. The summed E-state index contributed by atoms with van der Waals surface area (Å²) in [5, 5.41) is 7.96. The van der Waals surface area contributed by atoms with Crippen LogP contribution < -0.4 is 15.6 Å². The van der Waals surface area contributed by atoms with Gasteiger partial charge in [0.15, 0.2) is 5.69 Å². The van der Waals surface area contributed by atoms with Crippen LogP contribution in [0.4, 0.5) is 4.39 Å². The molecule has 1 heterocycles. The highest BCUT2D eigenvalue weighted by Crippen LogP contribution is 2.15. The van der Waals surface area contributed by atoms with Gasteiger partial charge in [-0.15, -0.1) is 0 Å². The van der Waals surface area contributed by atoms with E-state index in [4.69, 9.17) is 4.74 Å². The molecule has 1 amide bonds. The Morgan fingerprint density at radius 1 is 1.15 bits per heavy atom. The molecule has 3 aromatic rings. The summed E-state index contributed by atoms with van der Waals surface area (Å²) in [6.07, 6.45) is 0. The van der Waals surface area contributed by atoms with Crippen molar-refractivity contribution in [1.82, 2.24) is 15.1 Å². The first-order valence-electron chi connectivity index (χ1n) is 8.65. The number of nitrogens with one attached hydrogen (secondary N) is 1. The maximum atomic E-state index is 12.9. The van der Waals surface area contributed by atoms with Gasteiger partial charge in [0.05, 0.1) is 18.0 Å². The van der Waals surface area contributed by atoms with Gasteiger partial charge in [0, 0.05) is 5.39 Å². The van der Waals surface area contributed by atoms with Crippen LogP contribution >= 0.6 is 0 Å². The van der Waals surface area contributed by atoms with Crippen molar-refractivity contribution in [2.24, 2.45) is 0 Å². The Morgan fingerprint density at radius 3 is 2.48 bits per heavy atom. The molecule has 0 bridgehead atoms. The molecule has 27 heavy (non-hydrogen) atoms. The molecule has 0 unspecified atom stereocenters. The highest BCUT2D eigenvalue weighted by Gasteiger charge is 2.17. The normalized spacial score (nSPS) is 11.0. The number of ether oxygens (including phenoxy) is 1. The number of halogens is 1. The largest absolute Gasteiger partial charge is 0.492 e. The van der Waals surface area contributed by atoms with E-state index in [0.29, 0.717) is 16.5 Å². The third kappa shape index (κ3) is 4.13. The summed E-state index contributed by atoms with van der Waals surface area (Å²) in [7, 11) is 0. The van der Waals surface area contributed by atoms with Crippen LogP contribution in [0.3, 0.4) is 0 Å². The Morgan fingerprint density at radius 2 is 1.81 bits per heavy atom. The Bertz CT molecular complexity index is 1010. The lowest BCUT2D eigenvalue weighted by Gasteiger charge is -2.13. The summed E-state index contributed by atoms with van der Waals surface area (Å²) in [6, 6.07) is 12.4. The van der Waals surface area contributed by atoms with Crippen molar-refractivity contribution >= 4 is 16.7 Å². The van der Waals surface area contributed by atoms with Gasteiger partial charge in [0.25, 0.3) is 11.5 Å². The van der Waals surface area contributed by atoms with E-state index in [1.807, 2.05) is 13.8 Å². The zero-order valence-electron chi connectivity index (χ0n) is 15.1. The SMILES string of the molecule is CC(C)n1nc(C(=O)NCCOc2ccc(F)cc2)c2ccccc2c1=O. The first-order valence-corrected chi connectivity index (χ1v) is 8.65. The zero-order chi connectivity index (χ0) is 19.4. The summed E-state index contributed by atoms with van der Waals surface area (Å²) in [4.78, 5) is 25.1. The Kier molecular flexibility index (Phi) is 5.49. The number of nitrogens with zero attached hydrogens (tertiary/aromatic N) is 2. The summed E-state index contributed by atoms with van der Waals surface area (Å²) in [5.41, 5.74) is -0.0301. The van der Waals surface area contributed by atoms with Crippen molar-refractivity contribution in [3.63, 3.8) is 0 Å².